The molecule has 0 aliphatic carbocycles. The predicted molar refractivity (Wildman–Crippen MR) is 68.3 cm³/mol. The molecule has 0 radical (unpaired) electrons. The number of rotatable bonds is 1. The van der Waals surface area contributed by atoms with Crippen LogP contribution in [-0.2, 0) is 0 Å². The van der Waals surface area contributed by atoms with Gasteiger partial charge < -0.3 is 10.0 Å². The number of hydrogen-bond donors (Lipinski definition) is 2. The van der Waals surface area contributed by atoms with Gasteiger partial charge in [-0.15, -0.1) is 0 Å². The lowest BCUT2D eigenvalue weighted by Gasteiger charge is -2.33. The summed E-state index contributed by atoms with van der Waals surface area (Å²) >= 11 is 0. The number of aliphatic hydroxyl groups excluding tert-OH is 1. The maximum Gasteiger partial charge on any atom is 0.0715 e. The second-order valence-corrected chi connectivity index (χ2v) is 4.84. The Balaban J connectivity index is 2.00. The van der Waals surface area contributed by atoms with E-state index < -0.39 is 0 Å². The Kier molecular flexibility index (Phi) is 2.52. The standard InChI is InChI=1S/C13H17N3O/c1-9-5-10-7-14-15-12(10)6-13(9)16-4-2-3-11(17)8-16/h5-7,11,17H,2-4,8H2,1H3,(H,14,15). The molecular weight excluding hydrogens is 214 g/mol. The monoisotopic (exact) mass is 231 g/mol. The number of nitrogens with one attached hydrogen (secondary N) is 1. The van der Waals surface area contributed by atoms with E-state index in [2.05, 4.69) is 34.2 Å². The molecule has 4 nitrogen and oxygen atoms in total. The first-order valence-corrected chi connectivity index (χ1v) is 6.11. The van der Waals surface area contributed by atoms with Crippen molar-refractivity contribution in [1.82, 2.24) is 10.2 Å². The van der Waals surface area contributed by atoms with Gasteiger partial charge in [-0.2, -0.15) is 5.10 Å². The number of anilines is 1. The molecule has 1 saturated heterocycles. The van der Waals surface area contributed by atoms with Crippen LogP contribution in [0.1, 0.15) is 18.4 Å². The summed E-state index contributed by atoms with van der Waals surface area (Å²) in [6, 6.07) is 4.28. The number of piperidine rings is 1. The van der Waals surface area contributed by atoms with E-state index in [1.54, 1.807) is 0 Å². The molecule has 1 aliphatic heterocycles. The number of H-pyrrole nitrogens is 1. The van der Waals surface area contributed by atoms with E-state index in [9.17, 15) is 5.11 Å². The molecule has 1 unspecified atom stereocenters. The van der Waals surface area contributed by atoms with Crippen molar-refractivity contribution in [1.29, 1.82) is 0 Å². The SMILES string of the molecule is Cc1cc2cn[nH]c2cc1N1CCCC(O)C1. The number of fused-ring (bicyclic) bond motifs is 1. The van der Waals surface area contributed by atoms with Gasteiger partial charge in [-0.1, -0.05) is 0 Å². The number of aromatic amines is 1. The summed E-state index contributed by atoms with van der Waals surface area (Å²) in [4.78, 5) is 2.27. The molecule has 2 N–H and O–H groups in total. The highest BCUT2D eigenvalue weighted by Gasteiger charge is 2.19. The molecule has 0 saturated carbocycles. The molecule has 1 aromatic heterocycles. The van der Waals surface area contributed by atoms with Crippen LogP contribution >= 0.6 is 0 Å². The fourth-order valence-corrected chi connectivity index (χ4v) is 2.61. The van der Waals surface area contributed by atoms with E-state index in [1.165, 1.54) is 11.3 Å². The van der Waals surface area contributed by atoms with Crippen LogP contribution in [0.15, 0.2) is 18.3 Å². The highest BCUT2D eigenvalue weighted by molar-refractivity contribution is 5.83. The molecule has 4 heteroatoms. The van der Waals surface area contributed by atoms with E-state index >= 15 is 0 Å². The van der Waals surface area contributed by atoms with E-state index in [0.717, 1.165) is 36.8 Å². The Morgan fingerprint density at radius 3 is 3.18 bits per heavy atom. The van der Waals surface area contributed by atoms with Gasteiger partial charge in [0, 0.05) is 24.2 Å². The molecule has 90 valence electrons. The number of aromatic nitrogens is 2. The smallest absolute Gasteiger partial charge is 0.0715 e. The number of benzene rings is 1. The van der Waals surface area contributed by atoms with Gasteiger partial charge in [-0.3, -0.25) is 5.10 Å². The first-order valence-electron chi connectivity index (χ1n) is 6.11. The third kappa shape index (κ3) is 1.89. The molecule has 1 aliphatic rings. The molecule has 2 heterocycles. The van der Waals surface area contributed by atoms with Crippen molar-refractivity contribution in [3.63, 3.8) is 0 Å². The van der Waals surface area contributed by atoms with Crippen molar-refractivity contribution in [2.24, 2.45) is 0 Å². The number of aliphatic hydroxyl groups is 1. The molecular formula is C13H17N3O. The van der Waals surface area contributed by atoms with E-state index in [0.29, 0.717) is 0 Å². The van der Waals surface area contributed by atoms with Crippen LogP contribution in [0, 0.1) is 6.92 Å². The van der Waals surface area contributed by atoms with Gasteiger partial charge >= 0.3 is 0 Å². The topological polar surface area (TPSA) is 52.2 Å². The van der Waals surface area contributed by atoms with Crippen LogP contribution < -0.4 is 4.90 Å². The first kappa shape index (κ1) is 10.6. The van der Waals surface area contributed by atoms with Crippen LogP contribution in [0.2, 0.25) is 0 Å². The van der Waals surface area contributed by atoms with Crippen molar-refractivity contribution < 1.29 is 5.11 Å². The fraction of sp³-hybridized carbons (Fsp3) is 0.462. The average molecular weight is 231 g/mol. The van der Waals surface area contributed by atoms with Gasteiger partial charge in [-0.05, 0) is 37.5 Å². The van der Waals surface area contributed by atoms with Crippen molar-refractivity contribution in [2.75, 3.05) is 18.0 Å². The van der Waals surface area contributed by atoms with Crippen molar-refractivity contribution >= 4 is 16.6 Å². The molecule has 3 rings (SSSR count). The Labute approximate surface area is 100 Å². The zero-order chi connectivity index (χ0) is 11.8. The van der Waals surface area contributed by atoms with Gasteiger partial charge in [0.2, 0.25) is 0 Å². The van der Waals surface area contributed by atoms with Gasteiger partial charge in [0.15, 0.2) is 0 Å². The van der Waals surface area contributed by atoms with Crippen molar-refractivity contribution in [3.8, 4) is 0 Å². The summed E-state index contributed by atoms with van der Waals surface area (Å²) in [5.74, 6) is 0. The maximum atomic E-state index is 9.74. The Morgan fingerprint density at radius 1 is 1.47 bits per heavy atom. The summed E-state index contributed by atoms with van der Waals surface area (Å²) < 4.78 is 0. The summed E-state index contributed by atoms with van der Waals surface area (Å²) in [5, 5.41) is 17.9. The van der Waals surface area contributed by atoms with Crippen LogP contribution in [0.3, 0.4) is 0 Å². The highest BCUT2D eigenvalue weighted by Crippen LogP contribution is 2.27. The normalized spacial score (nSPS) is 21.1. The lowest BCUT2D eigenvalue weighted by Crippen LogP contribution is -2.38. The summed E-state index contributed by atoms with van der Waals surface area (Å²) in [5.41, 5.74) is 3.51. The molecule has 1 aromatic carbocycles. The largest absolute Gasteiger partial charge is 0.391 e. The van der Waals surface area contributed by atoms with Crippen LogP contribution in [-0.4, -0.2) is 34.5 Å². The zero-order valence-corrected chi connectivity index (χ0v) is 9.98. The summed E-state index contributed by atoms with van der Waals surface area (Å²) in [7, 11) is 0. The lowest BCUT2D eigenvalue weighted by molar-refractivity contribution is 0.154. The average Bonchev–Trinajstić information content (AvgIpc) is 2.75. The molecule has 2 aromatic rings. The molecule has 0 amide bonds. The molecule has 0 bridgehead atoms. The molecule has 1 atom stereocenters. The summed E-state index contributed by atoms with van der Waals surface area (Å²) in [6.45, 7) is 3.88. The second kappa shape index (κ2) is 4.04. The van der Waals surface area contributed by atoms with Gasteiger partial charge in [0.25, 0.3) is 0 Å². The summed E-state index contributed by atoms with van der Waals surface area (Å²) in [6.07, 6.45) is 3.63. The van der Waals surface area contributed by atoms with Gasteiger partial charge in [0.1, 0.15) is 0 Å². The van der Waals surface area contributed by atoms with E-state index in [-0.39, 0.29) is 6.10 Å². The fourth-order valence-electron chi connectivity index (χ4n) is 2.61. The van der Waals surface area contributed by atoms with Gasteiger partial charge in [0.05, 0.1) is 17.8 Å². The number of hydrogen-bond acceptors (Lipinski definition) is 3. The van der Waals surface area contributed by atoms with Crippen molar-refractivity contribution in [3.05, 3.63) is 23.9 Å². The minimum absolute atomic E-state index is 0.194. The minimum Gasteiger partial charge on any atom is -0.391 e. The second-order valence-electron chi connectivity index (χ2n) is 4.84. The van der Waals surface area contributed by atoms with E-state index in [4.69, 9.17) is 0 Å². The van der Waals surface area contributed by atoms with Crippen molar-refractivity contribution in [2.45, 2.75) is 25.9 Å². The molecule has 1 fully saturated rings. The Hall–Kier alpha value is -1.55. The lowest BCUT2D eigenvalue weighted by atomic mass is 10.0. The third-order valence-electron chi connectivity index (χ3n) is 3.49. The number of aryl methyl sites for hydroxylation is 1. The Bertz CT molecular complexity index is 534. The quantitative estimate of drug-likeness (QED) is 0.787. The van der Waals surface area contributed by atoms with Crippen LogP contribution in [0.25, 0.3) is 10.9 Å². The molecule has 0 spiro atoms. The maximum absolute atomic E-state index is 9.74. The van der Waals surface area contributed by atoms with Gasteiger partial charge in [-0.25, -0.2) is 0 Å². The van der Waals surface area contributed by atoms with Crippen LogP contribution in [0.4, 0.5) is 5.69 Å². The first-order chi connectivity index (χ1) is 8.24. The predicted octanol–water partition coefficient (Wildman–Crippen LogP) is 1.83. The highest BCUT2D eigenvalue weighted by atomic mass is 16.3. The van der Waals surface area contributed by atoms with Crippen LogP contribution in [0.5, 0.6) is 0 Å². The zero-order valence-electron chi connectivity index (χ0n) is 9.98. The van der Waals surface area contributed by atoms with E-state index in [1.807, 2.05) is 6.20 Å². The number of β-amino-alcohol motifs (C(OH)–C–C–N with tert-alkyl or cyclic N) is 1. The minimum atomic E-state index is -0.194. The third-order valence-corrected chi connectivity index (χ3v) is 3.49. The molecule has 17 heavy (non-hydrogen) atoms. The Morgan fingerprint density at radius 2 is 2.35 bits per heavy atom. The number of nitrogens with zero attached hydrogens (tertiary/aromatic N) is 2.